The molecular formula is C22H20N4O2. The van der Waals surface area contributed by atoms with Crippen LogP contribution in [0.2, 0.25) is 0 Å². The van der Waals surface area contributed by atoms with Crippen molar-refractivity contribution in [1.29, 1.82) is 0 Å². The van der Waals surface area contributed by atoms with Gasteiger partial charge < -0.3 is 14.8 Å². The van der Waals surface area contributed by atoms with E-state index in [4.69, 9.17) is 19.4 Å². The first-order valence-electron chi connectivity index (χ1n) is 8.86. The third-order valence-electron chi connectivity index (χ3n) is 4.49. The Morgan fingerprint density at radius 3 is 2.57 bits per heavy atom. The molecule has 2 aromatic carbocycles. The fraction of sp³-hybridized carbons (Fsp3) is 0.136. The summed E-state index contributed by atoms with van der Waals surface area (Å²) in [5, 5.41) is 4.27. The summed E-state index contributed by atoms with van der Waals surface area (Å²) >= 11 is 0. The van der Waals surface area contributed by atoms with Gasteiger partial charge in [-0.2, -0.15) is 0 Å². The molecule has 0 radical (unpaired) electrons. The van der Waals surface area contributed by atoms with Crippen molar-refractivity contribution >= 4 is 22.4 Å². The van der Waals surface area contributed by atoms with Gasteiger partial charge in [-0.05, 0) is 48.9 Å². The highest BCUT2D eigenvalue weighted by Gasteiger charge is 2.12. The van der Waals surface area contributed by atoms with Crippen LogP contribution in [0.4, 0.5) is 11.5 Å². The molecule has 6 nitrogen and oxygen atoms in total. The van der Waals surface area contributed by atoms with E-state index in [2.05, 4.69) is 10.3 Å². The van der Waals surface area contributed by atoms with Gasteiger partial charge in [0.05, 0.1) is 19.7 Å². The van der Waals surface area contributed by atoms with Crippen LogP contribution in [0, 0.1) is 6.92 Å². The summed E-state index contributed by atoms with van der Waals surface area (Å²) in [7, 11) is 3.31. The van der Waals surface area contributed by atoms with Gasteiger partial charge in [-0.3, -0.25) is 4.98 Å². The monoisotopic (exact) mass is 372 g/mol. The van der Waals surface area contributed by atoms with E-state index < -0.39 is 0 Å². The lowest BCUT2D eigenvalue weighted by atomic mass is 10.1. The summed E-state index contributed by atoms with van der Waals surface area (Å²) < 4.78 is 10.8. The average molecular weight is 372 g/mol. The van der Waals surface area contributed by atoms with Crippen LogP contribution in [0.3, 0.4) is 0 Å². The van der Waals surface area contributed by atoms with Crippen LogP contribution in [0.25, 0.3) is 22.3 Å². The standard InChI is InChI=1S/C22H20N4O2/c1-14-6-7-16(11-20(14)28-3)24-22-18-12-17(27-2)8-9-19(18)25-21(26-22)15-5-4-10-23-13-15/h4-13H,1-3H3,(H,24,25,26). The number of aryl methyl sites for hydroxylation is 1. The van der Waals surface area contributed by atoms with Crippen molar-refractivity contribution in [2.75, 3.05) is 19.5 Å². The second-order valence-corrected chi connectivity index (χ2v) is 6.33. The Morgan fingerprint density at radius 1 is 0.929 bits per heavy atom. The summed E-state index contributed by atoms with van der Waals surface area (Å²) in [4.78, 5) is 13.6. The number of benzene rings is 2. The number of fused-ring (bicyclic) bond motifs is 1. The van der Waals surface area contributed by atoms with Crippen molar-refractivity contribution in [3.8, 4) is 22.9 Å². The molecule has 2 aromatic heterocycles. The van der Waals surface area contributed by atoms with Gasteiger partial charge in [0.1, 0.15) is 17.3 Å². The molecule has 6 heteroatoms. The number of nitrogens with one attached hydrogen (secondary N) is 1. The third-order valence-corrected chi connectivity index (χ3v) is 4.49. The van der Waals surface area contributed by atoms with Gasteiger partial charge in [-0.15, -0.1) is 0 Å². The minimum Gasteiger partial charge on any atom is -0.497 e. The number of hydrogen-bond acceptors (Lipinski definition) is 6. The zero-order chi connectivity index (χ0) is 19.5. The number of anilines is 2. The van der Waals surface area contributed by atoms with Gasteiger partial charge >= 0.3 is 0 Å². The van der Waals surface area contributed by atoms with Crippen LogP contribution in [-0.4, -0.2) is 29.2 Å². The summed E-state index contributed by atoms with van der Waals surface area (Å²) in [6, 6.07) is 15.5. The van der Waals surface area contributed by atoms with Crippen molar-refractivity contribution in [2.24, 2.45) is 0 Å². The largest absolute Gasteiger partial charge is 0.497 e. The van der Waals surface area contributed by atoms with Gasteiger partial charge in [0.25, 0.3) is 0 Å². The fourth-order valence-corrected chi connectivity index (χ4v) is 2.99. The van der Waals surface area contributed by atoms with Crippen molar-refractivity contribution in [2.45, 2.75) is 6.92 Å². The van der Waals surface area contributed by atoms with Gasteiger partial charge in [-0.1, -0.05) is 6.07 Å². The van der Waals surface area contributed by atoms with Crippen molar-refractivity contribution in [3.63, 3.8) is 0 Å². The van der Waals surface area contributed by atoms with Gasteiger partial charge in [0, 0.05) is 35.1 Å². The van der Waals surface area contributed by atoms with Crippen LogP contribution in [0.15, 0.2) is 60.9 Å². The highest BCUT2D eigenvalue weighted by molar-refractivity contribution is 5.93. The second kappa shape index (κ2) is 7.52. The van der Waals surface area contributed by atoms with Crippen LogP contribution < -0.4 is 14.8 Å². The Labute approximate surface area is 163 Å². The van der Waals surface area contributed by atoms with E-state index in [1.165, 1.54) is 0 Å². The average Bonchev–Trinajstić information content (AvgIpc) is 2.75. The van der Waals surface area contributed by atoms with E-state index in [1.54, 1.807) is 26.6 Å². The van der Waals surface area contributed by atoms with Gasteiger partial charge in [0.2, 0.25) is 0 Å². The third kappa shape index (κ3) is 3.44. The molecule has 0 atom stereocenters. The van der Waals surface area contributed by atoms with Crippen LogP contribution in [0.5, 0.6) is 11.5 Å². The van der Waals surface area contributed by atoms with E-state index in [0.29, 0.717) is 11.6 Å². The zero-order valence-corrected chi connectivity index (χ0v) is 15.9. The molecule has 0 spiro atoms. The number of aromatic nitrogens is 3. The molecule has 0 amide bonds. The summed E-state index contributed by atoms with van der Waals surface area (Å²) in [5.74, 6) is 2.85. The molecule has 1 N–H and O–H groups in total. The van der Waals surface area contributed by atoms with E-state index in [9.17, 15) is 0 Å². The molecule has 28 heavy (non-hydrogen) atoms. The van der Waals surface area contributed by atoms with Crippen molar-refractivity contribution < 1.29 is 9.47 Å². The predicted octanol–water partition coefficient (Wildman–Crippen LogP) is 4.76. The molecule has 0 unspecified atom stereocenters. The highest BCUT2D eigenvalue weighted by Crippen LogP contribution is 2.31. The maximum atomic E-state index is 5.44. The number of nitrogens with zero attached hydrogens (tertiary/aromatic N) is 3. The number of pyridine rings is 1. The smallest absolute Gasteiger partial charge is 0.163 e. The summed E-state index contributed by atoms with van der Waals surface area (Å²) in [6.45, 7) is 2.01. The first-order valence-corrected chi connectivity index (χ1v) is 8.86. The predicted molar refractivity (Wildman–Crippen MR) is 110 cm³/mol. The van der Waals surface area contributed by atoms with Gasteiger partial charge in [-0.25, -0.2) is 9.97 Å². The van der Waals surface area contributed by atoms with E-state index in [0.717, 1.165) is 39.2 Å². The lowest BCUT2D eigenvalue weighted by molar-refractivity contribution is 0.412. The topological polar surface area (TPSA) is 69.2 Å². The maximum absolute atomic E-state index is 5.44. The van der Waals surface area contributed by atoms with Crippen LogP contribution >= 0.6 is 0 Å². The molecule has 0 bridgehead atoms. The van der Waals surface area contributed by atoms with Gasteiger partial charge in [0.15, 0.2) is 5.82 Å². The Balaban J connectivity index is 1.86. The second-order valence-electron chi connectivity index (χ2n) is 6.33. The number of methoxy groups -OCH3 is 2. The van der Waals surface area contributed by atoms with Crippen molar-refractivity contribution in [1.82, 2.24) is 15.0 Å². The Hall–Kier alpha value is -3.67. The number of rotatable bonds is 5. The summed E-state index contributed by atoms with van der Waals surface area (Å²) in [5.41, 5.74) is 3.61. The van der Waals surface area contributed by atoms with E-state index in [-0.39, 0.29) is 0 Å². The molecular weight excluding hydrogens is 352 g/mol. The normalized spacial score (nSPS) is 10.7. The first kappa shape index (κ1) is 17.7. The molecule has 0 saturated carbocycles. The molecule has 4 aromatic rings. The minimum absolute atomic E-state index is 0.604. The van der Waals surface area contributed by atoms with Crippen LogP contribution in [0.1, 0.15) is 5.56 Å². The molecule has 0 aliphatic rings. The Kier molecular flexibility index (Phi) is 4.76. The van der Waals surface area contributed by atoms with E-state index >= 15 is 0 Å². The Bertz CT molecular complexity index is 1130. The lowest BCUT2D eigenvalue weighted by Gasteiger charge is -2.13. The molecule has 0 aliphatic heterocycles. The molecule has 0 fully saturated rings. The molecule has 0 aliphatic carbocycles. The number of hydrogen-bond donors (Lipinski definition) is 1. The fourth-order valence-electron chi connectivity index (χ4n) is 2.99. The molecule has 2 heterocycles. The van der Waals surface area contributed by atoms with Crippen molar-refractivity contribution in [3.05, 3.63) is 66.5 Å². The number of ether oxygens (including phenoxy) is 2. The summed E-state index contributed by atoms with van der Waals surface area (Å²) in [6.07, 6.45) is 3.48. The Morgan fingerprint density at radius 2 is 1.82 bits per heavy atom. The quantitative estimate of drug-likeness (QED) is 0.545. The maximum Gasteiger partial charge on any atom is 0.163 e. The minimum atomic E-state index is 0.604. The SMILES string of the molecule is COc1ccc2nc(-c3cccnc3)nc(Nc3ccc(C)c(OC)c3)c2c1. The zero-order valence-electron chi connectivity index (χ0n) is 15.9. The molecule has 140 valence electrons. The highest BCUT2D eigenvalue weighted by atomic mass is 16.5. The lowest BCUT2D eigenvalue weighted by Crippen LogP contribution is -2.00. The van der Waals surface area contributed by atoms with Crippen LogP contribution in [-0.2, 0) is 0 Å². The molecule has 4 rings (SSSR count). The first-order chi connectivity index (χ1) is 13.7. The molecule has 0 saturated heterocycles. The van der Waals surface area contributed by atoms with E-state index in [1.807, 2.05) is 55.5 Å².